The normalized spacial score (nSPS) is 11.1. The zero-order valence-corrected chi connectivity index (χ0v) is 26.7. The number of ether oxygens (including phenoxy) is 2. The van der Waals surface area contributed by atoms with Crippen molar-refractivity contribution in [3.63, 3.8) is 0 Å². The molecule has 0 aliphatic rings. The van der Waals surface area contributed by atoms with Crippen molar-refractivity contribution in [1.82, 2.24) is 0 Å². The maximum Gasteiger partial charge on any atom is 0.339 e. The zero-order valence-electron chi connectivity index (χ0n) is 26.7. The van der Waals surface area contributed by atoms with Crippen molar-refractivity contribution < 1.29 is 28.9 Å². The number of benzene rings is 2. The molecule has 0 radical (unpaired) electrons. The molecule has 0 aliphatic heterocycles. The minimum Gasteiger partial charge on any atom is -0.462 e. The van der Waals surface area contributed by atoms with Crippen molar-refractivity contribution in [1.29, 1.82) is 0 Å². The van der Waals surface area contributed by atoms with Crippen LogP contribution >= 0.6 is 0 Å². The monoisotopic (exact) mass is 612 g/mol. The van der Waals surface area contributed by atoms with Gasteiger partial charge in [0, 0.05) is 11.6 Å². The van der Waals surface area contributed by atoms with Gasteiger partial charge in [0.2, 0.25) is 0 Å². The molecule has 0 unspecified atom stereocenters. The Balaban J connectivity index is 2.21. The van der Waals surface area contributed by atoms with E-state index in [4.69, 9.17) is 9.47 Å². The van der Waals surface area contributed by atoms with Crippen LogP contribution in [0, 0.1) is 32.1 Å². The number of rotatable bonds is 21. The van der Waals surface area contributed by atoms with E-state index in [0.717, 1.165) is 57.1 Å². The second-order valence-electron chi connectivity index (χ2n) is 12.1. The molecule has 0 amide bonds. The summed E-state index contributed by atoms with van der Waals surface area (Å²) in [7, 11) is 0. The minimum atomic E-state index is -0.801. The Morgan fingerprint density at radius 3 is 1.70 bits per heavy atom. The summed E-state index contributed by atoms with van der Waals surface area (Å²) in [5.74, 6) is -0.180. The molecule has 0 spiro atoms. The maximum absolute atomic E-state index is 13.4. The second-order valence-corrected chi connectivity index (χ2v) is 12.1. The number of carbonyl (C=O) groups excluding carboxylic acids is 2. The zero-order chi connectivity index (χ0) is 32.5. The van der Waals surface area contributed by atoms with E-state index in [-0.39, 0.29) is 35.5 Å². The first kappa shape index (κ1) is 36.4. The Morgan fingerprint density at radius 2 is 1.18 bits per heavy atom. The van der Waals surface area contributed by atoms with Crippen molar-refractivity contribution in [3.05, 3.63) is 67.8 Å². The van der Waals surface area contributed by atoms with Crippen LogP contribution in [-0.4, -0.2) is 35.0 Å². The van der Waals surface area contributed by atoms with Crippen LogP contribution in [0.1, 0.15) is 125 Å². The van der Waals surface area contributed by atoms with Crippen LogP contribution in [0.2, 0.25) is 0 Å². The number of nitrogens with zero attached hydrogens (tertiary/aromatic N) is 2. The molecule has 10 heteroatoms. The molecule has 2 aromatic carbocycles. The van der Waals surface area contributed by atoms with Crippen LogP contribution in [0.25, 0.3) is 11.1 Å². The van der Waals surface area contributed by atoms with Gasteiger partial charge in [0.05, 0.1) is 45.8 Å². The first-order chi connectivity index (χ1) is 21.0. The summed E-state index contributed by atoms with van der Waals surface area (Å²) in [4.78, 5) is 48.3. The van der Waals surface area contributed by atoms with Crippen molar-refractivity contribution >= 4 is 23.3 Å². The smallest absolute Gasteiger partial charge is 0.339 e. The second kappa shape index (κ2) is 19.5. The Hall–Kier alpha value is -3.82. The van der Waals surface area contributed by atoms with E-state index < -0.39 is 33.2 Å². The van der Waals surface area contributed by atoms with Crippen LogP contribution in [0.5, 0.6) is 0 Å². The molecule has 0 fully saturated rings. The van der Waals surface area contributed by atoms with E-state index in [2.05, 4.69) is 27.7 Å². The number of nitro benzene ring substituents is 2. The number of nitro groups is 2. The Labute approximate surface area is 260 Å². The van der Waals surface area contributed by atoms with E-state index >= 15 is 0 Å². The van der Waals surface area contributed by atoms with Crippen molar-refractivity contribution in [3.8, 4) is 11.1 Å². The summed E-state index contributed by atoms with van der Waals surface area (Å²) in [5.41, 5.74) is -1.19. The SMILES string of the molecule is CC(C)CCCCCCCOC(=O)c1cccc(-c2ccc([N+](=O)[O-])cc2[N+](=O)[O-])c1C(=O)OCCCCCCCC(C)C. The lowest BCUT2D eigenvalue weighted by atomic mass is 9.94. The highest BCUT2D eigenvalue weighted by Crippen LogP contribution is 2.36. The molecule has 0 N–H and O–H groups in total. The van der Waals surface area contributed by atoms with Gasteiger partial charge in [-0.25, -0.2) is 9.59 Å². The first-order valence-electron chi connectivity index (χ1n) is 15.9. The fourth-order valence-corrected chi connectivity index (χ4v) is 5.03. The van der Waals surface area contributed by atoms with Crippen molar-refractivity contribution in [2.24, 2.45) is 11.8 Å². The molecule has 242 valence electrons. The lowest BCUT2D eigenvalue weighted by Gasteiger charge is -2.15. The van der Waals surface area contributed by atoms with Gasteiger partial charge in [-0.15, -0.1) is 0 Å². The highest BCUT2D eigenvalue weighted by atomic mass is 16.6. The van der Waals surface area contributed by atoms with Crippen LogP contribution in [0.4, 0.5) is 11.4 Å². The van der Waals surface area contributed by atoms with E-state index in [1.807, 2.05) is 0 Å². The fraction of sp³-hybridized carbons (Fsp3) is 0.588. The first-order valence-corrected chi connectivity index (χ1v) is 15.9. The van der Waals surface area contributed by atoms with E-state index in [9.17, 15) is 29.8 Å². The molecule has 0 atom stereocenters. The number of carbonyl (C=O) groups is 2. The van der Waals surface area contributed by atoms with Crippen molar-refractivity contribution in [2.75, 3.05) is 13.2 Å². The van der Waals surface area contributed by atoms with Gasteiger partial charge in [0.25, 0.3) is 11.4 Å². The summed E-state index contributed by atoms with van der Waals surface area (Å²) in [6.45, 7) is 9.11. The molecule has 0 aliphatic carbocycles. The quantitative estimate of drug-likeness (QED) is 0.0588. The Kier molecular flexibility index (Phi) is 16.1. The third-order valence-electron chi connectivity index (χ3n) is 7.49. The molecule has 0 saturated heterocycles. The lowest BCUT2D eigenvalue weighted by molar-refractivity contribution is -0.393. The summed E-state index contributed by atoms with van der Waals surface area (Å²) in [5, 5.41) is 23.2. The number of unbranched alkanes of at least 4 members (excludes halogenated alkanes) is 8. The fourth-order valence-electron chi connectivity index (χ4n) is 5.03. The molecule has 2 rings (SSSR count). The highest BCUT2D eigenvalue weighted by Gasteiger charge is 2.29. The lowest BCUT2D eigenvalue weighted by Crippen LogP contribution is -2.16. The molecule has 0 bridgehead atoms. The highest BCUT2D eigenvalue weighted by molar-refractivity contribution is 6.08. The van der Waals surface area contributed by atoms with Gasteiger partial charge in [0.1, 0.15) is 0 Å². The predicted octanol–water partition coefficient (Wildman–Crippen LogP) is 9.48. The topological polar surface area (TPSA) is 139 Å². The molecule has 0 aromatic heterocycles. The molecular weight excluding hydrogens is 564 g/mol. The van der Waals surface area contributed by atoms with Gasteiger partial charge in [-0.2, -0.15) is 0 Å². The van der Waals surface area contributed by atoms with Gasteiger partial charge in [0.15, 0.2) is 0 Å². The average molecular weight is 613 g/mol. The molecule has 2 aromatic rings. The third-order valence-corrected chi connectivity index (χ3v) is 7.49. The van der Waals surface area contributed by atoms with Gasteiger partial charge in [-0.05, 0) is 36.8 Å². The number of hydrogen-bond acceptors (Lipinski definition) is 8. The molecule has 44 heavy (non-hydrogen) atoms. The number of hydrogen-bond donors (Lipinski definition) is 0. The largest absolute Gasteiger partial charge is 0.462 e. The summed E-state index contributed by atoms with van der Waals surface area (Å²) in [6, 6.07) is 7.58. The van der Waals surface area contributed by atoms with Gasteiger partial charge >= 0.3 is 11.9 Å². The van der Waals surface area contributed by atoms with E-state index in [0.29, 0.717) is 24.7 Å². The summed E-state index contributed by atoms with van der Waals surface area (Å²) < 4.78 is 11.1. The predicted molar refractivity (Wildman–Crippen MR) is 171 cm³/mol. The van der Waals surface area contributed by atoms with Crippen molar-refractivity contribution in [2.45, 2.75) is 105 Å². The Morgan fingerprint density at radius 1 is 0.659 bits per heavy atom. The molecule has 0 heterocycles. The summed E-state index contributed by atoms with van der Waals surface area (Å²) in [6.07, 6.45) is 12.1. The third kappa shape index (κ3) is 12.4. The maximum atomic E-state index is 13.4. The standard InChI is InChI=1S/C34H48N2O8/c1-25(2)16-11-7-5-9-13-22-43-33(37)30-19-15-18-29(28-21-20-27(35(39)40)24-31(28)36(41)42)32(30)34(38)44-23-14-10-6-8-12-17-26(3)4/h15,18-21,24-26H,5-14,16-17,22-23H2,1-4H3. The molecule has 0 saturated carbocycles. The summed E-state index contributed by atoms with van der Waals surface area (Å²) >= 11 is 0. The number of non-ortho nitro benzene ring substituents is 1. The average Bonchev–Trinajstić information content (AvgIpc) is 2.98. The molecular formula is C34H48N2O8. The van der Waals surface area contributed by atoms with E-state index in [1.54, 1.807) is 0 Å². The van der Waals surface area contributed by atoms with E-state index in [1.165, 1.54) is 43.5 Å². The molecule has 10 nitrogen and oxygen atoms in total. The number of esters is 2. The Bertz CT molecular complexity index is 1240. The van der Waals surface area contributed by atoms with Gasteiger partial charge in [-0.3, -0.25) is 20.2 Å². The van der Waals surface area contributed by atoms with Crippen LogP contribution in [0.3, 0.4) is 0 Å². The van der Waals surface area contributed by atoms with Gasteiger partial charge in [-0.1, -0.05) is 104 Å². The van der Waals surface area contributed by atoms with Crippen LogP contribution in [-0.2, 0) is 9.47 Å². The van der Waals surface area contributed by atoms with Gasteiger partial charge < -0.3 is 9.47 Å². The van der Waals surface area contributed by atoms with Crippen LogP contribution in [0.15, 0.2) is 36.4 Å². The van der Waals surface area contributed by atoms with Crippen LogP contribution < -0.4 is 0 Å². The minimum absolute atomic E-state index is 0.0336.